The number of nitrogens with zero attached hydrogens (tertiary/aromatic N) is 2. The smallest absolute Gasteiger partial charge is 0.238 e. The Morgan fingerprint density at radius 2 is 0.481 bits per heavy atom. The molecule has 6 aliphatic carbocycles. The molecule has 54 heavy (non-hydrogen) atoms. The summed E-state index contributed by atoms with van der Waals surface area (Å²) in [6, 6.07) is 48.2. The molecule has 258 valence electrons. The van der Waals surface area contributed by atoms with E-state index in [1.54, 1.807) is 0 Å². The summed E-state index contributed by atoms with van der Waals surface area (Å²) in [6.45, 7) is 0. The molecule has 6 heteroatoms. The van der Waals surface area contributed by atoms with E-state index >= 15 is 0 Å². The number of amides is 4. The van der Waals surface area contributed by atoms with Gasteiger partial charge in [0.1, 0.15) is 0 Å². The van der Waals surface area contributed by atoms with Crippen LogP contribution in [-0.2, 0) is 19.2 Å². The van der Waals surface area contributed by atoms with Crippen molar-refractivity contribution >= 4 is 35.0 Å². The van der Waals surface area contributed by atoms with Crippen molar-refractivity contribution in [2.24, 2.45) is 23.7 Å². The zero-order valence-corrected chi connectivity index (χ0v) is 29.0. The molecule has 2 saturated heterocycles. The van der Waals surface area contributed by atoms with Crippen LogP contribution in [0.3, 0.4) is 0 Å². The lowest BCUT2D eigenvalue weighted by molar-refractivity contribution is -0.124. The van der Waals surface area contributed by atoms with Gasteiger partial charge in [-0.25, -0.2) is 9.80 Å². The van der Waals surface area contributed by atoms with Gasteiger partial charge in [0.2, 0.25) is 23.6 Å². The van der Waals surface area contributed by atoms with Crippen molar-refractivity contribution in [1.82, 2.24) is 0 Å². The van der Waals surface area contributed by atoms with E-state index in [1.807, 2.05) is 97.1 Å². The number of hydrogen-bond donors (Lipinski definition) is 0. The van der Waals surface area contributed by atoms with Crippen LogP contribution < -0.4 is 9.80 Å². The van der Waals surface area contributed by atoms with Crippen LogP contribution in [0.4, 0.5) is 11.4 Å². The third-order valence-corrected chi connectivity index (χ3v) is 13.5. The van der Waals surface area contributed by atoms with Gasteiger partial charge in [-0.1, -0.05) is 121 Å². The number of carbonyl (C=O) groups excluding carboxylic acids is 4. The zero-order valence-electron chi connectivity index (χ0n) is 29.0. The molecule has 6 nitrogen and oxygen atoms in total. The summed E-state index contributed by atoms with van der Waals surface area (Å²) in [5, 5.41) is 0. The summed E-state index contributed by atoms with van der Waals surface area (Å²) >= 11 is 0. The van der Waals surface area contributed by atoms with E-state index in [0.29, 0.717) is 11.4 Å². The molecule has 2 heterocycles. The second-order valence-electron chi connectivity index (χ2n) is 15.6. The first-order valence-corrected chi connectivity index (χ1v) is 18.8. The van der Waals surface area contributed by atoms with Crippen molar-refractivity contribution in [3.8, 4) is 11.1 Å². The Morgan fingerprint density at radius 3 is 0.685 bits per heavy atom. The summed E-state index contributed by atoms with van der Waals surface area (Å²) in [6.07, 6.45) is 0. The largest absolute Gasteiger partial charge is 0.274 e. The highest BCUT2D eigenvalue weighted by Crippen LogP contribution is 2.63. The van der Waals surface area contributed by atoms with Crippen molar-refractivity contribution in [3.63, 3.8) is 0 Å². The van der Waals surface area contributed by atoms with E-state index in [0.717, 1.165) is 55.6 Å². The third kappa shape index (κ3) is 3.65. The molecule has 0 saturated carbocycles. The van der Waals surface area contributed by atoms with Gasteiger partial charge in [-0.15, -0.1) is 0 Å². The first kappa shape index (κ1) is 30.1. The second kappa shape index (κ2) is 10.6. The molecule has 4 bridgehead atoms. The maximum Gasteiger partial charge on any atom is 0.238 e. The predicted octanol–water partition coefficient (Wildman–Crippen LogP) is 8.15. The van der Waals surface area contributed by atoms with E-state index in [2.05, 4.69) is 48.5 Å². The maximum absolute atomic E-state index is 14.2. The van der Waals surface area contributed by atoms with Crippen molar-refractivity contribution in [2.75, 3.05) is 9.80 Å². The Bertz CT molecular complexity index is 2250. The fraction of sp³-hybridized carbons (Fsp3) is 0.167. The maximum atomic E-state index is 14.2. The molecule has 2 aliphatic heterocycles. The molecule has 0 unspecified atom stereocenters. The Balaban J connectivity index is 0.833. The van der Waals surface area contributed by atoms with Crippen molar-refractivity contribution in [3.05, 3.63) is 190 Å². The van der Waals surface area contributed by atoms with E-state index in [4.69, 9.17) is 0 Å². The minimum Gasteiger partial charge on any atom is -0.274 e. The zero-order chi connectivity index (χ0) is 36.0. The third-order valence-electron chi connectivity index (χ3n) is 13.5. The van der Waals surface area contributed by atoms with Crippen LogP contribution in [0.15, 0.2) is 146 Å². The quantitative estimate of drug-likeness (QED) is 0.175. The lowest BCUT2D eigenvalue weighted by atomic mass is 9.55. The fourth-order valence-corrected chi connectivity index (χ4v) is 11.5. The molecule has 8 aliphatic rings. The normalized spacial score (nSPS) is 27.7. The van der Waals surface area contributed by atoms with Crippen LogP contribution in [-0.4, -0.2) is 23.6 Å². The number of carbonyl (C=O) groups is 4. The lowest BCUT2D eigenvalue weighted by Gasteiger charge is -2.45. The van der Waals surface area contributed by atoms with Gasteiger partial charge in [-0.3, -0.25) is 19.2 Å². The van der Waals surface area contributed by atoms with Crippen LogP contribution in [0.5, 0.6) is 0 Å². The van der Waals surface area contributed by atoms with Gasteiger partial charge >= 0.3 is 0 Å². The molecule has 0 N–H and O–H groups in total. The molecule has 6 aromatic carbocycles. The van der Waals surface area contributed by atoms with Gasteiger partial charge in [-0.2, -0.15) is 0 Å². The standard InChI is InChI=1S/C48H32N2O4/c51-45-41-37-29-9-1-2-10-30(29)38(32-12-4-3-11-31(32)37)42(41)46(52)49(45)27-21-17-25(18-22-27)26-19-23-28(24-20-26)50-47(53)43-39-33-13-5-6-14-34(33)40(44(43)48(50)54)36-16-8-7-15-35(36)39/h1-24,37-44H/t37?,38?,39?,40?,41-,42-,43-,44-/m1/s1. The molecule has 0 aromatic heterocycles. The van der Waals surface area contributed by atoms with Crippen LogP contribution >= 0.6 is 0 Å². The Morgan fingerprint density at radius 1 is 0.278 bits per heavy atom. The topological polar surface area (TPSA) is 74.8 Å². The summed E-state index contributed by atoms with van der Waals surface area (Å²) in [5.41, 5.74) is 12.2. The first-order valence-electron chi connectivity index (χ1n) is 18.8. The molecule has 0 spiro atoms. The number of imide groups is 2. The highest BCUT2D eigenvalue weighted by molar-refractivity contribution is 6.24. The van der Waals surface area contributed by atoms with E-state index in [-0.39, 0.29) is 47.3 Å². The molecular weight excluding hydrogens is 669 g/mol. The highest BCUT2D eigenvalue weighted by Gasteiger charge is 2.63. The molecule has 4 amide bonds. The molecule has 4 atom stereocenters. The van der Waals surface area contributed by atoms with Crippen LogP contribution in [0.1, 0.15) is 68.2 Å². The van der Waals surface area contributed by atoms with Gasteiger partial charge in [-0.05, 0) is 79.9 Å². The molecular formula is C48H32N2O4. The summed E-state index contributed by atoms with van der Waals surface area (Å²) in [5.74, 6) is -2.87. The second-order valence-corrected chi connectivity index (χ2v) is 15.6. The minimum atomic E-state index is -0.433. The minimum absolute atomic E-state index is 0.138. The Kier molecular flexibility index (Phi) is 5.91. The molecule has 2 fully saturated rings. The number of benzene rings is 6. The van der Waals surface area contributed by atoms with Gasteiger partial charge in [0.25, 0.3) is 0 Å². The van der Waals surface area contributed by atoms with Gasteiger partial charge in [0.05, 0.1) is 35.0 Å². The van der Waals surface area contributed by atoms with Crippen molar-refractivity contribution in [2.45, 2.75) is 23.7 Å². The summed E-state index contributed by atoms with van der Waals surface area (Å²) < 4.78 is 0. The van der Waals surface area contributed by atoms with Crippen molar-refractivity contribution < 1.29 is 19.2 Å². The average Bonchev–Trinajstić information content (AvgIpc) is 3.65. The van der Waals surface area contributed by atoms with Crippen LogP contribution in [0, 0.1) is 23.7 Å². The van der Waals surface area contributed by atoms with Crippen molar-refractivity contribution in [1.29, 1.82) is 0 Å². The highest BCUT2D eigenvalue weighted by atomic mass is 16.2. The number of anilines is 2. The number of rotatable bonds is 3. The van der Waals surface area contributed by atoms with Gasteiger partial charge in [0.15, 0.2) is 0 Å². The first-order chi connectivity index (χ1) is 26.5. The fourth-order valence-electron chi connectivity index (χ4n) is 11.5. The molecule has 6 aromatic rings. The molecule has 0 radical (unpaired) electrons. The average molecular weight is 701 g/mol. The SMILES string of the molecule is O=C1[C@@H]2C3c4ccccc4C(c4ccccc43)[C@H]2C(=O)N1c1ccc(-c2ccc(N3C(=O)[C@@H]4C5c6ccccc6C(c6ccccc65)[C@H]4C3=O)cc2)cc1. The Hall–Kier alpha value is -6.40. The number of hydrogen-bond acceptors (Lipinski definition) is 4. The van der Waals surface area contributed by atoms with Gasteiger partial charge in [0, 0.05) is 23.7 Å². The van der Waals surface area contributed by atoms with E-state index < -0.39 is 23.7 Å². The monoisotopic (exact) mass is 700 g/mol. The van der Waals surface area contributed by atoms with Crippen LogP contribution in [0.25, 0.3) is 11.1 Å². The predicted molar refractivity (Wildman–Crippen MR) is 204 cm³/mol. The van der Waals surface area contributed by atoms with Gasteiger partial charge < -0.3 is 0 Å². The summed E-state index contributed by atoms with van der Waals surface area (Å²) in [7, 11) is 0. The lowest BCUT2D eigenvalue weighted by Crippen LogP contribution is -2.41. The van der Waals surface area contributed by atoms with Crippen LogP contribution in [0.2, 0.25) is 0 Å². The molecule has 14 rings (SSSR count). The van der Waals surface area contributed by atoms with E-state index in [1.165, 1.54) is 9.80 Å². The van der Waals surface area contributed by atoms with E-state index in [9.17, 15) is 19.2 Å². The Labute approximate surface area is 311 Å². The summed E-state index contributed by atoms with van der Waals surface area (Å²) in [4.78, 5) is 59.8.